The second kappa shape index (κ2) is 7.62. The lowest BCUT2D eigenvalue weighted by Gasteiger charge is -2.36. The van der Waals surface area contributed by atoms with Crippen LogP contribution in [0.15, 0.2) is 9.98 Å². The third-order valence-corrected chi connectivity index (χ3v) is 21.5. The maximum Gasteiger partial charge on any atom is 0.0694 e. The Balaban J connectivity index is 5.56. The quantitative estimate of drug-likeness (QED) is 0.392. The highest BCUT2D eigenvalue weighted by Gasteiger charge is 2.38. The molecule has 0 fully saturated rings. The van der Waals surface area contributed by atoms with Crippen molar-refractivity contribution in [2.45, 2.75) is 96.1 Å². The van der Waals surface area contributed by atoms with Gasteiger partial charge in [-0.05, 0) is 6.92 Å². The first kappa shape index (κ1) is 23.2. The molecule has 0 saturated heterocycles. The zero-order chi connectivity index (χ0) is 18.9. The Labute approximate surface area is 150 Å². The summed E-state index contributed by atoms with van der Waals surface area (Å²) in [5, 5.41) is 1.14. The Bertz CT molecular complexity index is 415. The van der Waals surface area contributed by atoms with Gasteiger partial charge in [-0.15, -0.1) is 0 Å². The monoisotopic (exact) mass is 386 g/mol. The molecule has 0 atom stereocenters. The van der Waals surface area contributed by atoms with Gasteiger partial charge in [-0.25, -0.2) is 0 Å². The Morgan fingerprint density at radius 2 is 0.913 bits per heavy atom. The van der Waals surface area contributed by atoms with Gasteiger partial charge >= 0.3 is 0 Å². The first-order chi connectivity index (χ1) is 9.87. The maximum absolute atomic E-state index is 5.18. The fraction of sp³-hybridized carbons (Fsp3) is 0.882. The lowest BCUT2D eigenvalue weighted by atomic mass is 10.5. The minimum atomic E-state index is -1.28. The molecule has 0 radical (unpaired) electrons. The van der Waals surface area contributed by atoms with Crippen molar-refractivity contribution in [3.63, 3.8) is 0 Å². The van der Waals surface area contributed by atoms with Gasteiger partial charge in [0.1, 0.15) is 0 Å². The summed E-state index contributed by atoms with van der Waals surface area (Å²) in [5.41, 5.74) is 1.14. The van der Waals surface area contributed by atoms with Crippen LogP contribution in [0.2, 0.25) is 78.6 Å². The minimum absolute atomic E-state index is 0.567. The topological polar surface area (TPSA) is 24.7 Å². The van der Waals surface area contributed by atoms with Crippen LogP contribution in [0, 0.1) is 0 Å². The second-order valence-electron chi connectivity index (χ2n) is 11.3. The van der Waals surface area contributed by atoms with E-state index < -0.39 is 32.3 Å². The number of aliphatic imine (C=N–C) groups is 2. The van der Waals surface area contributed by atoms with Crippen LogP contribution in [0.3, 0.4) is 0 Å². The van der Waals surface area contributed by atoms with Crippen LogP contribution in [-0.2, 0) is 0 Å². The largest absolute Gasteiger partial charge is 0.294 e. The molecule has 0 N–H and O–H groups in total. The van der Waals surface area contributed by atoms with Crippen molar-refractivity contribution in [3.05, 3.63) is 0 Å². The van der Waals surface area contributed by atoms with Crippen LogP contribution in [-0.4, -0.2) is 54.8 Å². The van der Waals surface area contributed by atoms with E-state index in [0.29, 0.717) is 10.6 Å². The summed E-state index contributed by atoms with van der Waals surface area (Å²) in [6, 6.07) is 0. The predicted octanol–water partition coefficient (Wildman–Crippen LogP) is 5.76. The third kappa shape index (κ3) is 8.22. The van der Waals surface area contributed by atoms with Gasteiger partial charge in [-0.1, -0.05) is 78.6 Å². The number of rotatable bonds is 7. The van der Waals surface area contributed by atoms with Gasteiger partial charge in [0, 0.05) is 22.5 Å². The van der Waals surface area contributed by atoms with E-state index in [0.717, 1.165) is 5.71 Å². The Morgan fingerprint density at radius 3 is 1.17 bits per heavy atom. The van der Waals surface area contributed by atoms with Gasteiger partial charge in [0.25, 0.3) is 0 Å². The van der Waals surface area contributed by atoms with Crippen molar-refractivity contribution in [1.82, 2.24) is 0 Å². The lowest BCUT2D eigenvalue weighted by molar-refractivity contribution is 1.11. The highest BCUT2D eigenvalue weighted by Crippen LogP contribution is 2.24. The third-order valence-electron chi connectivity index (χ3n) is 4.02. The summed E-state index contributed by atoms with van der Waals surface area (Å²) in [6.45, 7) is 31.6. The van der Waals surface area contributed by atoms with E-state index in [1.165, 1.54) is 0 Å². The van der Waals surface area contributed by atoms with Gasteiger partial charge in [0.05, 0.1) is 32.3 Å². The average molecular weight is 387 g/mol. The van der Waals surface area contributed by atoms with E-state index in [-0.39, 0.29) is 0 Å². The molecule has 6 heteroatoms. The van der Waals surface area contributed by atoms with E-state index in [4.69, 9.17) is 9.98 Å². The molecule has 2 nitrogen and oxygen atoms in total. The normalized spacial score (nSPS) is 16.0. The van der Waals surface area contributed by atoms with Crippen molar-refractivity contribution in [2.75, 3.05) is 0 Å². The zero-order valence-corrected chi connectivity index (χ0v) is 22.1. The summed E-state index contributed by atoms with van der Waals surface area (Å²) < 4.78 is 0. The van der Waals surface area contributed by atoms with Crippen molar-refractivity contribution < 1.29 is 0 Å². The zero-order valence-electron chi connectivity index (χ0n) is 18.1. The molecule has 23 heavy (non-hydrogen) atoms. The number of hydrogen-bond donors (Lipinski definition) is 0. The van der Waals surface area contributed by atoms with E-state index in [1.807, 2.05) is 0 Å². The molecular weight excluding hydrogens is 345 g/mol. The Morgan fingerprint density at radius 1 is 0.609 bits per heavy atom. The number of hydrogen-bond acceptors (Lipinski definition) is 2. The molecule has 0 aliphatic carbocycles. The van der Waals surface area contributed by atoms with E-state index in [1.54, 1.807) is 0 Å². The summed E-state index contributed by atoms with van der Waals surface area (Å²) >= 11 is 0. The summed E-state index contributed by atoms with van der Waals surface area (Å²) in [4.78, 5) is 10.3. The van der Waals surface area contributed by atoms with Gasteiger partial charge in [0.2, 0.25) is 0 Å². The average Bonchev–Trinajstić information content (AvgIpc) is 2.18. The number of nitrogens with zero attached hydrogens (tertiary/aromatic N) is 2. The molecule has 0 aromatic carbocycles. The minimum Gasteiger partial charge on any atom is -0.294 e. The second-order valence-corrected chi connectivity index (χ2v) is 33.6. The lowest BCUT2D eigenvalue weighted by Crippen LogP contribution is -2.53. The molecule has 0 bridgehead atoms. The van der Waals surface area contributed by atoms with Crippen LogP contribution in [0.1, 0.15) is 6.92 Å². The molecule has 0 aromatic rings. The molecule has 136 valence electrons. The predicted molar refractivity (Wildman–Crippen MR) is 123 cm³/mol. The van der Waals surface area contributed by atoms with Crippen molar-refractivity contribution in [1.29, 1.82) is 0 Å². The van der Waals surface area contributed by atoms with Crippen LogP contribution < -0.4 is 0 Å². The molecule has 0 amide bonds. The van der Waals surface area contributed by atoms with E-state index in [9.17, 15) is 0 Å². The van der Waals surface area contributed by atoms with E-state index in [2.05, 4.69) is 91.7 Å². The van der Waals surface area contributed by atoms with Crippen molar-refractivity contribution in [2.24, 2.45) is 9.98 Å². The van der Waals surface area contributed by atoms with Gasteiger partial charge in [-0.2, -0.15) is 0 Å². The van der Waals surface area contributed by atoms with Gasteiger partial charge in [-0.3, -0.25) is 9.98 Å². The highest BCUT2D eigenvalue weighted by atomic mass is 28.4. The fourth-order valence-corrected chi connectivity index (χ4v) is 26.9. The SMILES string of the molecule is CC(/C=N/C([Si](C)(C)C)[Si](C)(C)C)=N\C([Si](C)(C)C)[Si](C)(C)C. The summed E-state index contributed by atoms with van der Waals surface area (Å²) in [6.07, 6.45) is 2.11. The molecule has 0 saturated carbocycles. The Hall–Kier alpha value is 0.208. The first-order valence-electron chi connectivity index (χ1n) is 8.94. The molecule has 0 unspecified atom stereocenters. The molecule has 0 aliphatic heterocycles. The molecule has 0 spiro atoms. The molecule has 0 aliphatic rings. The van der Waals surface area contributed by atoms with Crippen LogP contribution in [0.4, 0.5) is 0 Å². The van der Waals surface area contributed by atoms with Crippen LogP contribution in [0.25, 0.3) is 0 Å². The summed E-state index contributed by atoms with van der Waals surface area (Å²) in [7, 11) is -5.12. The van der Waals surface area contributed by atoms with Crippen molar-refractivity contribution in [3.8, 4) is 0 Å². The highest BCUT2D eigenvalue weighted by molar-refractivity contribution is 6.97. The molecule has 0 heterocycles. The molecule has 0 aromatic heterocycles. The van der Waals surface area contributed by atoms with Crippen LogP contribution in [0.5, 0.6) is 0 Å². The molecular formula is C17H42N2Si4. The Kier molecular flexibility index (Phi) is 7.69. The molecule has 0 rings (SSSR count). The first-order valence-corrected chi connectivity index (χ1v) is 23.3. The van der Waals surface area contributed by atoms with Gasteiger partial charge in [0.15, 0.2) is 0 Å². The smallest absolute Gasteiger partial charge is 0.0694 e. The van der Waals surface area contributed by atoms with Crippen LogP contribution >= 0.6 is 0 Å². The maximum atomic E-state index is 5.18. The van der Waals surface area contributed by atoms with Crippen molar-refractivity contribution >= 4 is 44.2 Å². The standard InChI is InChI=1S/C17H42N2Si4/c1-15(19-17(22(8,9)10)23(11,12)13)14-18-16(20(2,3)4)21(5,6)7/h14,16-17H,1-13H3/b18-14+,19-15+. The summed E-state index contributed by atoms with van der Waals surface area (Å²) in [5.74, 6) is 0. The van der Waals surface area contributed by atoms with E-state index >= 15 is 0 Å². The van der Waals surface area contributed by atoms with Gasteiger partial charge < -0.3 is 0 Å². The fourth-order valence-electron chi connectivity index (χ4n) is 3.85.